The van der Waals surface area contributed by atoms with E-state index in [0.29, 0.717) is 5.69 Å². The molecular weight excluding hydrogens is 329 g/mol. The lowest BCUT2D eigenvalue weighted by molar-refractivity contribution is -0.144. The third-order valence-electron chi connectivity index (χ3n) is 3.51. The van der Waals surface area contributed by atoms with E-state index in [1.54, 1.807) is 13.8 Å². The summed E-state index contributed by atoms with van der Waals surface area (Å²) in [4.78, 5) is 36.1. The second-order valence-electron chi connectivity index (χ2n) is 5.66. The summed E-state index contributed by atoms with van der Waals surface area (Å²) in [6, 6.07) is 6.70. The highest BCUT2D eigenvalue weighted by molar-refractivity contribution is 5.95. The topological polar surface area (TPSA) is 90.3 Å². The van der Waals surface area contributed by atoms with E-state index in [0.717, 1.165) is 4.68 Å². The van der Waals surface area contributed by atoms with E-state index in [2.05, 4.69) is 15.2 Å². The minimum absolute atomic E-state index is 0.0570. The molecule has 0 saturated heterocycles. The minimum Gasteiger partial charge on any atom is -0.467 e. The number of carbonyl (C=O) groups excluding carboxylic acids is 2. The van der Waals surface area contributed by atoms with E-state index in [1.807, 2.05) is 0 Å². The number of hydrogen-bond donors (Lipinski definition) is 1. The molecule has 0 saturated carbocycles. The van der Waals surface area contributed by atoms with E-state index >= 15 is 0 Å². The van der Waals surface area contributed by atoms with Crippen molar-refractivity contribution in [1.82, 2.24) is 15.1 Å². The largest absolute Gasteiger partial charge is 0.467 e. The van der Waals surface area contributed by atoms with Crippen molar-refractivity contribution in [2.24, 2.45) is 5.92 Å². The summed E-state index contributed by atoms with van der Waals surface area (Å²) in [5.74, 6) is -1.85. The Bertz CT molecular complexity index is 831. The lowest BCUT2D eigenvalue weighted by atomic mass is 10.0. The Morgan fingerprint density at radius 3 is 2.36 bits per heavy atom. The molecule has 0 radical (unpaired) electrons. The third kappa shape index (κ3) is 4.28. The normalized spacial score (nSPS) is 11.9. The van der Waals surface area contributed by atoms with Crippen LogP contribution >= 0.6 is 0 Å². The van der Waals surface area contributed by atoms with Gasteiger partial charge in [-0.25, -0.2) is 9.18 Å². The van der Waals surface area contributed by atoms with Crippen molar-refractivity contribution in [3.05, 3.63) is 58.3 Å². The summed E-state index contributed by atoms with van der Waals surface area (Å²) >= 11 is 0. The van der Waals surface area contributed by atoms with E-state index in [1.165, 1.54) is 43.5 Å². The number of ether oxygens (including phenoxy) is 1. The number of halogens is 1. The summed E-state index contributed by atoms with van der Waals surface area (Å²) in [7, 11) is 1.23. The summed E-state index contributed by atoms with van der Waals surface area (Å²) in [6.45, 7) is 3.52. The second kappa shape index (κ2) is 7.69. The van der Waals surface area contributed by atoms with Crippen molar-refractivity contribution < 1.29 is 18.7 Å². The highest BCUT2D eigenvalue weighted by atomic mass is 19.1. The third-order valence-corrected chi connectivity index (χ3v) is 3.51. The molecule has 1 heterocycles. The maximum absolute atomic E-state index is 13.0. The molecule has 1 aromatic carbocycles. The SMILES string of the molecule is COC(=O)C(NC(=O)c1ccc(=O)n(-c2ccc(F)cc2)n1)C(C)C. The van der Waals surface area contributed by atoms with Gasteiger partial charge in [-0.3, -0.25) is 9.59 Å². The molecule has 0 aliphatic rings. The smallest absolute Gasteiger partial charge is 0.328 e. The number of esters is 1. The van der Waals surface area contributed by atoms with Gasteiger partial charge in [-0.15, -0.1) is 0 Å². The standard InChI is InChI=1S/C17H18FN3O4/c1-10(2)15(17(24)25-3)19-16(23)13-8-9-14(22)21(20-13)12-6-4-11(18)5-7-12/h4-10,15H,1-3H3,(H,19,23). The zero-order valence-corrected chi connectivity index (χ0v) is 14.0. The van der Waals surface area contributed by atoms with Gasteiger partial charge in [0, 0.05) is 6.07 Å². The van der Waals surface area contributed by atoms with Gasteiger partial charge in [0.15, 0.2) is 0 Å². The summed E-state index contributed by atoms with van der Waals surface area (Å²) in [5.41, 5.74) is -0.218. The van der Waals surface area contributed by atoms with E-state index < -0.39 is 29.3 Å². The molecule has 0 fully saturated rings. The van der Waals surface area contributed by atoms with Gasteiger partial charge in [-0.05, 0) is 36.2 Å². The van der Waals surface area contributed by atoms with E-state index in [4.69, 9.17) is 0 Å². The van der Waals surface area contributed by atoms with Gasteiger partial charge in [-0.2, -0.15) is 9.78 Å². The van der Waals surface area contributed by atoms with Gasteiger partial charge in [0.05, 0.1) is 12.8 Å². The van der Waals surface area contributed by atoms with Crippen LogP contribution in [0.15, 0.2) is 41.2 Å². The van der Waals surface area contributed by atoms with Crippen LogP contribution in [0, 0.1) is 11.7 Å². The number of aromatic nitrogens is 2. The average molecular weight is 347 g/mol. The highest BCUT2D eigenvalue weighted by Crippen LogP contribution is 2.07. The number of hydrogen-bond acceptors (Lipinski definition) is 5. The van der Waals surface area contributed by atoms with Gasteiger partial charge < -0.3 is 10.1 Å². The van der Waals surface area contributed by atoms with Gasteiger partial charge >= 0.3 is 5.97 Å². The molecule has 2 rings (SSSR count). The van der Waals surface area contributed by atoms with Crippen LogP contribution in [0.5, 0.6) is 0 Å². The molecule has 0 aliphatic carbocycles. The van der Waals surface area contributed by atoms with Crippen molar-refractivity contribution in [3.63, 3.8) is 0 Å². The maximum atomic E-state index is 13.0. The molecule has 2 aromatic rings. The van der Waals surface area contributed by atoms with Crippen molar-refractivity contribution in [1.29, 1.82) is 0 Å². The fraction of sp³-hybridized carbons (Fsp3) is 0.294. The van der Waals surface area contributed by atoms with Crippen LogP contribution < -0.4 is 10.9 Å². The van der Waals surface area contributed by atoms with Gasteiger partial charge in [0.1, 0.15) is 17.6 Å². The van der Waals surface area contributed by atoms with Crippen LogP contribution in [0.1, 0.15) is 24.3 Å². The average Bonchev–Trinajstić information content (AvgIpc) is 2.59. The molecule has 8 heteroatoms. The van der Waals surface area contributed by atoms with Crippen LogP contribution in [0.3, 0.4) is 0 Å². The van der Waals surface area contributed by atoms with Gasteiger partial charge in [-0.1, -0.05) is 13.8 Å². The lowest BCUT2D eigenvalue weighted by Gasteiger charge is -2.19. The Balaban J connectivity index is 2.32. The molecule has 25 heavy (non-hydrogen) atoms. The minimum atomic E-state index is -0.842. The van der Waals surface area contributed by atoms with Crippen molar-refractivity contribution in [3.8, 4) is 5.69 Å². The predicted octanol–water partition coefficient (Wildman–Crippen LogP) is 1.30. The van der Waals surface area contributed by atoms with E-state index in [-0.39, 0.29) is 11.6 Å². The lowest BCUT2D eigenvalue weighted by Crippen LogP contribution is -2.45. The first-order valence-electron chi connectivity index (χ1n) is 7.58. The predicted molar refractivity (Wildman–Crippen MR) is 87.9 cm³/mol. The first-order valence-corrected chi connectivity index (χ1v) is 7.58. The first kappa shape index (κ1) is 18.3. The highest BCUT2D eigenvalue weighted by Gasteiger charge is 2.26. The van der Waals surface area contributed by atoms with Crippen LogP contribution in [-0.4, -0.2) is 34.8 Å². The molecule has 7 nitrogen and oxygen atoms in total. The number of carbonyl (C=O) groups is 2. The van der Waals surface area contributed by atoms with Crippen LogP contribution in [0.4, 0.5) is 4.39 Å². The molecule has 1 aromatic heterocycles. The van der Waals surface area contributed by atoms with E-state index in [9.17, 15) is 18.8 Å². The molecule has 0 spiro atoms. The Hall–Kier alpha value is -3.03. The Morgan fingerprint density at radius 1 is 1.16 bits per heavy atom. The molecule has 1 unspecified atom stereocenters. The number of benzene rings is 1. The molecular formula is C17H18FN3O4. The first-order chi connectivity index (χ1) is 11.8. The van der Waals surface area contributed by atoms with Gasteiger partial charge in [0.2, 0.25) is 0 Å². The zero-order chi connectivity index (χ0) is 18.6. The van der Waals surface area contributed by atoms with Crippen LogP contribution in [0.25, 0.3) is 5.69 Å². The number of methoxy groups -OCH3 is 1. The van der Waals surface area contributed by atoms with Gasteiger partial charge in [0.25, 0.3) is 11.5 Å². The quantitative estimate of drug-likeness (QED) is 0.824. The van der Waals surface area contributed by atoms with Crippen molar-refractivity contribution in [2.75, 3.05) is 7.11 Å². The summed E-state index contributed by atoms with van der Waals surface area (Å²) in [5, 5.41) is 6.53. The molecule has 1 amide bonds. The zero-order valence-electron chi connectivity index (χ0n) is 14.0. The van der Waals surface area contributed by atoms with Crippen molar-refractivity contribution >= 4 is 11.9 Å². The summed E-state index contributed by atoms with van der Waals surface area (Å²) in [6.07, 6.45) is 0. The molecule has 1 N–H and O–H groups in total. The second-order valence-corrected chi connectivity index (χ2v) is 5.66. The molecule has 1 atom stereocenters. The Kier molecular flexibility index (Phi) is 5.63. The van der Waals surface area contributed by atoms with Crippen LogP contribution in [-0.2, 0) is 9.53 Å². The van der Waals surface area contributed by atoms with Crippen molar-refractivity contribution in [2.45, 2.75) is 19.9 Å². The Morgan fingerprint density at radius 2 is 1.80 bits per heavy atom. The maximum Gasteiger partial charge on any atom is 0.328 e. The number of amides is 1. The molecule has 0 bridgehead atoms. The van der Waals surface area contributed by atoms with Crippen LogP contribution in [0.2, 0.25) is 0 Å². The fourth-order valence-corrected chi connectivity index (χ4v) is 2.14. The molecule has 132 valence electrons. The number of nitrogens with one attached hydrogen (secondary N) is 1. The number of rotatable bonds is 5. The fourth-order valence-electron chi connectivity index (χ4n) is 2.14. The Labute approximate surface area is 143 Å². The number of nitrogens with zero attached hydrogens (tertiary/aromatic N) is 2. The molecule has 0 aliphatic heterocycles. The summed E-state index contributed by atoms with van der Waals surface area (Å²) < 4.78 is 18.7. The monoisotopic (exact) mass is 347 g/mol.